The van der Waals surface area contributed by atoms with Crippen LogP contribution < -0.4 is 15.5 Å². The summed E-state index contributed by atoms with van der Waals surface area (Å²) in [6.45, 7) is 1.79. The lowest BCUT2D eigenvalue weighted by molar-refractivity contribution is -0.0152. The maximum Gasteiger partial charge on any atom is 0.492 e. The van der Waals surface area contributed by atoms with Crippen molar-refractivity contribution in [3.8, 4) is 11.4 Å². The van der Waals surface area contributed by atoms with Crippen LogP contribution in [0, 0.1) is 6.92 Å². The zero-order valence-corrected chi connectivity index (χ0v) is 16.8. The molecule has 1 aliphatic heterocycles. The molecule has 1 aromatic heterocycles. The molecular formula is C21H21BN4O4. The Hall–Kier alpha value is -3.17. The molecule has 1 spiro atoms. The minimum atomic E-state index is -0.963. The van der Waals surface area contributed by atoms with Crippen LogP contribution in [0.15, 0.2) is 42.5 Å². The van der Waals surface area contributed by atoms with Crippen LogP contribution in [-0.4, -0.2) is 40.2 Å². The Morgan fingerprint density at radius 1 is 1.27 bits per heavy atom. The van der Waals surface area contributed by atoms with Crippen molar-refractivity contribution in [3.63, 3.8) is 0 Å². The van der Waals surface area contributed by atoms with Crippen molar-refractivity contribution >= 4 is 24.2 Å². The molecule has 0 radical (unpaired) electrons. The molecule has 5 rings (SSSR count). The van der Waals surface area contributed by atoms with Gasteiger partial charge in [-0.2, -0.15) is 0 Å². The standard InChI is InChI=1S/C21H21BN4O4/c1-13-19(24-25-26(13)15-5-7-16(29-2)8-6-15)20(27)23-14-4-9-17-18(12-14)22(28)30-21(17)10-3-11-21/h4-9,12,28H,3,10-11H2,1-2H3,(H,23,27). The average Bonchev–Trinajstić information content (AvgIpc) is 3.26. The summed E-state index contributed by atoms with van der Waals surface area (Å²) < 4.78 is 12.6. The zero-order chi connectivity index (χ0) is 20.9. The van der Waals surface area contributed by atoms with Crippen molar-refractivity contribution in [3.05, 3.63) is 59.4 Å². The number of amides is 1. The summed E-state index contributed by atoms with van der Waals surface area (Å²) in [5.74, 6) is 0.375. The fraction of sp³-hybridized carbons (Fsp3) is 0.286. The maximum atomic E-state index is 12.8. The molecule has 3 aromatic rings. The van der Waals surface area contributed by atoms with Crippen molar-refractivity contribution in [2.75, 3.05) is 12.4 Å². The monoisotopic (exact) mass is 404 g/mol. The second-order valence-electron chi connectivity index (χ2n) is 7.71. The molecule has 2 aromatic carbocycles. The first-order valence-electron chi connectivity index (χ1n) is 9.89. The van der Waals surface area contributed by atoms with Crippen LogP contribution >= 0.6 is 0 Å². The van der Waals surface area contributed by atoms with Gasteiger partial charge in [0.1, 0.15) is 5.75 Å². The molecule has 0 atom stereocenters. The second kappa shape index (κ2) is 6.96. The topological polar surface area (TPSA) is 98.5 Å². The molecule has 0 unspecified atom stereocenters. The number of carbonyl (C=O) groups excluding carboxylic acids is 1. The summed E-state index contributed by atoms with van der Waals surface area (Å²) in [7, 11) is 0.642. The Kier molecular flexibility index (Phi) is 4.37. The first-order valence-corrected chi connectivity index (χ1v) is 9.89. The molecule has 1 saturated carbocycles. The van der Waals surface area contributed by atoms with Gasteiger partial charge in [0, 0.05) is 5.69 Å². The second-order valence-corrected chi connectivity index (χ2v) is 7.71. The van der Waals surface area contributed by atoms with Crippen LogP contribution in [-0.2, 0) is 10.3 Å². The minimum Gasteiger partial charge on any atom is -0.497 e. The first kappa shape index (κ1) is 18.8. The van der Waals surface area contributed by atoms with Gasteiger partial charge in [-0.1, -0.05) is 11.3 Å². The number of nitrogens with one attached hydrogen (secondary N) is 1. The van der Waals surface area contributed by atoms with E-state index in [1.54, 1.807) is 24.8 Å². The van der Waals surface area contributed by atoms with Crippen molar-refractivity contribution in [2.45, 2.75) is 31.8 Å². The van der Waals surface area contributed by atoms with Gasteiger partial charge in [0.15, 0.2) is 5.69 Å². The number of hydrogen-bond acceptors (Lipinski definition) is 6. The lowest BCUT2D eigenvalue weighted by Gasteiger charge is -2.39. The number of hydrogen-bond donors (Lipinski definition) is 2. The highest BCUT2D eigenvalue weighted by Gasteiger charge is 2.50. The lowest BCUT2D eigenvalue weighted by atomic mass is 9.72. The fourth-order valence-corrected chi connectivity index (χ4v) is 4.18. The Morgan fingerprint density at radius 2 is 2.03 bits per heavy atom. The molecule has 0 bridgehead atoms. The van der Waals surface area contributed by atoms with E-state index in [2.05, 4.69) is 15.6 Å². The molecule has 2 N–H and O–H groups in total. The van der Waals surface area contributed by atoms with Gasteiger partial charge in [0.05, 0.1) is 24.1 Å². The fourth-order valence-electron chi connectivity index (χ4n) is 4.18. The van der Waals surface area contributed by atoms with Gasteiger partial charge >= 0.3 is 7.12 Å². The van der Waals surface area contributed by atoms with Crippen LogP contribution in [0.1, 0.15) is 41.0 Å². The van der Waals surface area contributed by atoms with Crippen LogP contribution in [0.5, 0.6) is 5.75 Å². The Labute approximate surface area is 174 Å². The largest absolute Gasteiger partial charge is 0.497 e. The average molecular weight is 404 g/mol. The molecule has 9 heteroatoms. The Balaban J connectivity index is 1.37. The number of rotatable bonds is 4. The normalized spacial score (nSPS) is 16.3. The number of ether oxygens (including phenoxy) is 1. The van der Waals surface area contributed by atoms with Crippen LogP contribution in [0.3, 0.4) is 0 Å². The molecule has 152 valence electrons. The third kappa shape index (κ3) is 2.89. The molecule has 1 aliphatic carbocycles. The third-order valence-corrected chi connectivity index (χ3v) is 5.99. The number of nitrogens with zero attached hydrogens (tertiary/aromatic N) is 3. The summed E-state index contributed by atoms with van der Waals surface area (Å²) in [6.07, 6.45) is 2.92. The summed E-state index contributed by atoms with van der Waals surface area (Å²) in [6, 6.07) is 12.9. The number of benzene rings is 2. The molecule has 30 heavy (non-hydrogen) atoms. The molecule has 2 heterocycles. The predicted octanol–water partition coefficient (Wildman–Crippen LogP) is 1.93. The van der Waals surface area contributed by atoms with E-state index in [9.17, 15) is 9.82 Å². The van der Waals surface area contributed by atoms with E-state index < -0.39 is 7.12 Å². The molecule has 1 amide bonds. The SMILES string of the molecule is COc1ccc(-n2nnc(C(=O)Nc3ccc4c(c3)B(O)OC43CCC3)c2C)cc1. The molecule has 1 fully saturated rings. The zero-order valence-electron chi connectivity index (χ0n) is 16.8. The molecular weight excluding hydrogens is 383 g/mol. The smallest absolute Gasteiger partial charge is 0.492 e. The van der Waals surface area contributed by atoms with Gasteiger partial charge in [-0.05, 0) is 73.6 Å². The van der Waals surface area contributed by atoms with E-state index in [0.29, 0.717) is 16.8 Å². The molecule has 8 nitrogen and oxygen atoms in total. The van der Waals surface area contributed by atoms with Crippen LogP contribution in [0.25, 0.3) is 5.69 Å². The summed E-state index contributed by atoms with van der Waals surface area (Å²) in [5, 5.41) is 21.3. The number of aromatic nitrogens is 3. The molecule has 2 aliphatic rings. The summed E-state index contributed by atoms with van der Waals surface area (Å²) in [4.78, 5) is 12.8. The quantitative estimate of drug-likeness (QED) is 0.645. The van der Waals surface area contributed by atoms with E-state index in [-0.39, 0.29) is 17.2 Å². The van der Waals surface area contributed by atoms with Gasteiger partial charge in [-0.25, -0.2) is 4.68 Å². The van der Waals surface area contributed by atoms with Crippen molar-refractivity contribution in [1.82, 2.24) is 15.0 Å². The Morgan fingerprint density at radius 3 is 2.70 bits per heavy atom. The number of methoxy groups -OCH3 is 1. The highest BCUT2D eigenvalue weighted by molar-refractivity contribution is 6.62. The van der Waals surface area contributed by atoms with E-state index >= 15 is 0 Å². The van der Waals surface area contributed by atoms with Gasteiger partial charge in [-0.3, -0.25) is 4.79 Å². The third-order valence-electron chi connectivity index (χ3n) is 5.99. The van der Waals surface area contributed by atoms with Crippen LogP contribution in [0.2, 0.25) is 0 Å². The van der Waals surface area contributed by atoms with Crippen LogP contribution in [0.4, 0.5) is 5.69 Å². The highest BCUT2D eigenvalue weighted by Crippen LogP contribution is 2.47. The predicted molar refractivity (Wildman–Crippen MR) is 111 cm³/mol. The maximum absolute atomic E-state index is 12.8. The Bertz CT molecular complexity index is 1120. The van der Waals surface area contributed by atoms with Gasteiger partial charge in [-0.15, -0.1) is 5.10 Å². The molecule has 0 saturated heterocycles. The highest BCUT2D eigenvalue weighted by atomic mass is 16.5. The number of carbonyl (C=O) groups is 1. The van der Waals surface area contributed by atoms with Crippen molar-refractivity contribution < 1.29 is 19.2 Å². The van der Waals surface area contributed by atoms with E-state index in [1.807, 2.05) is 36.4 Å². The summed E-state index contributed by atoms with van der Waals surface area (Å²) >= 11 is 0. The first-order chi connectivity index (χ1) is 14.5. The lowest BCUT2D eigenvalue weighted by Crippen LogP contribution is -2.35. The summed E-state index contributed by atoms with van der Waals surface area (Å²) in [5.41, 5.74) is 3.59. The van der Waals surface area contributed by atoms with Gasteiger partial charge in [0.25, 0.3) is 5.91 Å². The number of fused-ring (bicyclic) bond motifs is 2. The van der Waals surface area contributed by atoms with E-state index in [1.165, 1.54) is 0 Å². The van der Waals surface area contributed by atoms with E-state index in [0.717, 1.165) is 36.3 Å². The van der Waals surface area contributed by atoms with Gasteiger partial charge in [0.2, 0.25) is 0 Å². The number of anilines is 1. The minimum absolute atomic E-state index is 0.235. The van der Waals surface area contributed by atoms with Gasteiger partial charge < -0.3 is 19.7 Å². The van der Waals surface area contributed by atoms with E-state index in [4.69, 9.17) is 9.39 Å². The van der Waals surface area contributed by atoms with Crippen molar-refractivity contribution in [1.29, 1.82) is 0 Å². The van der Waals surface area contributed by atoms with Crippen molar-refractivity contribution in [2.24, 2.45) is 0 Å².